The molecule has 26 heavy (non-hydrogen) atoms. The van der Waals surface area contributed by atoms with E-state index in [4.69, 9.17) is 5.11 Å². The van der Waals surface area contributed by atoms with Gasteiger partial charge in [-0.3, -0.25) is 0 Å². The Morgan fingerprint density at radius 3 is 1.38 bits per heavy atom. The monoisotopic (exact) mass is 412 g/mol. The molecule has 0 bridgehead atoms. The molecular weight excluding hydrogens is 407 g/mol. The Labute approximate surface area is 136 Å². The number of hydrogen-bond acceptors (Lipinski definition) is 1. The van der Waals surface area contributed by atoms with E-state index >= 15 is 0 Å². The van der Waals surface area contributed by atoms with Gasteiger partial charge in [0.2, 0.25) is 0 Å². The third-order valence-corrected chi connectivity index (χ3v) is 2.54. The van der Waals surface area contributed by atoms with Gasteiger partial charge >= 0.3 is 35.8 Å². The number of hydrogen-bond donors (Lipinski definition) is 1. The largest absolute Gasteiger partial charge is 0.460 e. The van der Waals surface area contributed by atoms with Gasteiger partial charge in [-0.2, -0.15) is 57.1 Å². The van der Waals surface area contributed by atoms with Crippen LogP contribution in [-0.2, 0) is 0 Å². The van der Waals surface area contributed by atoms with Gasteiger partial charge in [-0.05, 0) is 17.8 Å². The summed E-state index contributed by atoms with van der Waals surface area (Å²) in [6, 6.07) is 0. The second-order valence-corrected chi connectivity index (χ2v) is 4.40. The van der Waals surface area contributed by atoms with Crippen molar-refractivity contribution in [1.82, 2.24) is 0 Å². The normalized spacial score (nSPS) is 14.2. The zero-order valence-electron chi connectivity index (χ0n) is 11.8. The second kappa shape index (κ2) is 7.06. The maximum atomic E-state index is 13.1. The van der Waals surface area contributed by atoms with E-state index in [9.17, 15) is 57.1 Å². The van der Waals surface area contributed by atoms with Crippen LogP contribution in [0.25, 0.3) is 0 Å². The molecule has 0 rings (SSSR count). The molecule has 14 heteroatoms. The molecule has 0 saturated carbocycles. The van der Waals surface area contributed by atoms with E-state index in [1.807, 2.05) is 0 Å². The van der Waals surface area contributed by atoms with E-state index < -0.39 is 48.8 Å². The topological polar surface area (TPSA) is 20.2 Å². The van der Waals surface area contributed by atoms with Gasteiger partial charge in [0.15, 0.2) is 0 Å². The average molecular weight is 412 g/mol. The highest BCUT2D eigenvalue weighted by molar-refractivity contribution is 5.31. The van der Waals surface area contributed by atoms with Crippen molar-refractivity contribution in [3.63, 3.8) is 0 Å². The van der Waals surface area contributed by atoms with E-state index in [0.717, 1.165) is 5.92 Å². The van der Waals surface area contributed by atoms with Gasteiger partial charge in [0.05, 0.1) is 6.61 Å². The summed E-state index contributed by atoms with van der Waals surface area (Å²) in [6.45, 7) is -0.655. The zero-order chi connectivity index (χ0) is 21.2. The van der Waals surface area contributed by atoms with Crippen molar-refractivity contribution < 1.29 is 62.2 Å². The summed E-state index contributed by atoms with van der Waals surface area (Å²) < 4.78 is 164. The van der Waals surface area contributed by atoms with Crippen LogP contribution in [0.3, 0.4) is 0 Å². The lowest BCUT2D eigenvalue weighted by molar-refractivity contribution is -0.435. The fourth-order valence-corrected chi connectivity index (χ4v) is 1.12. The molecule has 0 radical (unpaired) electrons. The third-order valence-electron chi connectivity index (χ3n) is 2.54. The molecule has 0 heterocycles. The third kappa shape index (κ3) is 3.79. The van der Waals surface area contributed by atoms with Crippen molar-refractivity contribution in [2.45, 2.75) is 42.2 Å². The highest BCUT2D eigenvalue weighted by Crippen LogP contribution is 2.60. The van der Waals surface area contributed by atoms with Crippen LogP contribution in [0.2, 0.25) is 0 Å². The first kappa shape index (κ1) is 24.2. The fraction of sp³-hybridized carbons (Fsp3) is 0.667. The molecule has 0 saturated heterocycles. The van der Waals surface area contributed by atoms with E-state index in [0.29, 0.717) is 0 Å². The standard InChI is InChI=1S/C12H5F13O/c13-7(14,5-3-1-2-4-6-26)8(15,16)9(17,18)10(19,20)11(21,22)12(23,24)25/h26H,4,6H2. The molecule has 0 amide bonds. The first-order valence-corrected chi connectivity index (χ1v) is 5.88. The molecule has 0 aliphatic carbocycles. The maximum absolute atomic E-state index is 13.1. The Hall–Kier alpha value is -1.83. The first-order valence-electron chi connectivity index (χ1n) is 5.88. The van der Waals surface area contributed by atoms with Gasteiger partial charge in [-0.15, -0.1) is 0 Å². The Morgan fingerprint density at radius 1 is 0.577 bits per heavy atom. The van der Waals surface area contributed by atoms with Crippen molar-refractivity contribution >= 4 is 0 Å². The molecule has 0 aliphatic heterocycles. The zero-order valence-corrected chi connectivity index (χ0v) is 11.8. The minimum atomic E-state index is -7.95. The number of aliphatic hydroxyl groups is 1. The van der Waals surface area contributed by atoms with Crippen LogP contribution in [0.4, 0.5) is 57.1 Å². The molecule has 0 spiro atoms. The summed E-state index contributed by atoms with van der Waals surface area (Å²) >= 11 is 0. The average Bonchev–Trinajstić information content (AvgIpc) is 2.44. The summed E-state index contributed by atoms with van der Waals surface area (Å²) in [7, 11) is 0. The lowest BCUT2D eigenvalue weighted by Crippen LogP contribution is -2.69. The van der Waals surface area contributed by atoms with Crippen LogP contribution in [0.5, 0.6) is 0 Å². The predicted octanol–water partition coefficient (Wildman–Crippen LogP) is 4.11. The SMILES string of the molecule is OCCC#CC#CC(F)(F)C(F)(F)C(F)(F)C(F)(F)C(F)(F)C(F)(F)F. The molecular formula is C12H5F13O. The molecule has 150 valence electrons. The molecule has 0 atom stereocenters. The van der Waals surface area contributed by atoms with Gasteiger partial charge in [-0.1, -0.05) is 5.92 Å². The van der Waals surface area contributed by atoms with E-state index in [-0.39, 0.29) is 5.92 Å². The molecule has 1 N–H and O–H groups in total. The van der Waals surface area contributed by atoms with Crippen LogP contribution in [-0.4, -0.2) is 47.5 Å². The highest BCUT2D eigenvalue weighted by Gasteiger charge is 2.90. The van der Waals surface area contributed by atoms with Gasteiger partial charge in [-0.25, -0.2) is 0 Å². The molecule has 0 aromatic rings. The van der Waals surface area contributed by atoms with E-state index in [1.54, 1.807) is 5.92 Å². The number of alkyl halides is 13. The number of aliphatic hydroxyl groups excluding tert-OH is 1. The Morgan fingerprint density at radius 2 is 1.00 bits per heavy atom. The Kier molecular flexibility index (Phi) is 6.56. The van der Waals surface area contributed by atoms with Crippen LogP contribution < -0.4 is 0 Å². The molecule has 1 nitrogen and oxygen atoms in total. The number of halogens is 13. The summed E-state index contributed by atoms with van der Waals surface area (Å²) in [5.41, 5.74) is 0. The quantitative estimate of drug-likeness (QED) is 0.533. The molecule has 0 unspecified atom stereocenters. The number of rotatable bonds is 5. The van der Waals surface area contributed by atoms with Crippen LogP contribution in [0.1, 0.15) is 6.42 Å². The first-order chi connectivity index (χ1) is 11.3. The minimum absolute atomic E-state index is 0.00148. The van der Waals surface area contributed by atoms with E-state index in [1.165, 1.54) is 5.92 Å². The molecule has 0 aromatic heterocycles. The maximum Gasteiger partial charge on any atom is 0.460 e. The van der Waals surface area contributed by atoms with Gasteiger partial charge in [0, 0.05) is 6.42 Å². The second-order valence-electron chi connectivity index (χ2n) is 4.40. The van der Waals surface area contributed by atoms with Crippen LogP contribution in [0, 0.1) is 23.7 Å². The lowest BCUT2D eigenvalue weighted by atomic mass is 9.94. The van der Waals surface area contributed by atoms with Crippen molar-refractivity contribution in [2.24, 2.45) is 0 Å². The summed E-state index contributed by atoms with van der Waals surface area (Å²) in [5.74, 6) is -33.6. The van der Waals surface area contributed by atoms with Gasteiger partial charge in [0.25, 0.3) is 0 Å². The van der Waals surface area contributed by atoms with E-state index in [2.05, 4.69) is 0 Å². The molecule has 0 fully saturated rings. The molecule has 0 aromatic carbocycles. The molecule has 0 aliphatic rings. The van der Waals surface area contributed by atoms with Crippen LogP contribution >= 0.6 is 0 Å². The predicted molar refractivity (Wildman–Crippen MR) is 58.0 cm³/mol. The Balaban J connectivity index is 6.14. The summed E-state index contributed by atoms with van der Waals surface area (Å²) in [6.07, 6.45) is -7.89. The summed E-state index contributed by atoms with van der Waals surface area (Å²) in [5, 5.41) is 8.23. The van der Waals surface area contributed by atoms with Crippen molar-refractivity contribution in [3.8, 4) is 23.7 Å². The summed E-state index contributed by atoms with van der Waals surface area (Å²) in [4.78, 5) is 0. The Bertz CT molecular complexity index is 623. The fourth-order valence-electron chi connectivity index (χ4n) is 1.12. The highest BCUT2D eigenvalue weighted by atomic mass is 19.4. The van der Waals surface area contributed by atoms with Gasteiger partial charge < -0.3 is 5.11 Å². The van der Waals surface area contributed by atoms with Crippen molar-refractivity contribution in [2.75, 3.05) is 6.61 Å². The van der Waals surface area contributed by atoms with Gasteiger partial charge in [0.1, 0.15) is 0 Å². The minimum Gasteiger partial charge on any atom is -0.395 e. The van der Waals surface area contributed by atoms with Crippen LogP contribution in [0.15, 0.2) is 0 Å². The van der Waals surface area contributed by atoms with Crippen molar-refractivity contribution in [3.05, 3.63) is 0 Å². The lowest BCUT2D eigenvalue weighted by Gasteiger charge is -2.38. The van der Waals surface area contributed by atoms with Crippen molar-refractivity contribution in [1.29, 1.82) is 0 Å². The smallest absolute Gasteiger partial charge is 0.395 e.